The van der Waals surface area contributed by atoms with Crippen LogP contribution in [0.1, 0.15) is 10.4 Å². The number of aromatic nitrogens is 2. The SMILES string of the molecule is CNc1nccc(C(=O)Nc2ccccn2)c1F. The van der Waals surface area contributed by atoms with Crippen LogP contribution in [0.25, 0.3) is 0 Å². The lowest BCUT2D eigenvalue weighted by Crippen LogP contribution is -2.15. The van der Waals surface area contributed by atoms with E-state index in [1.807, 2.05) is 0 Å². The van der Waals surface area contributed by atoms with Crippen LogP contribution in [0.2, 0.25) is 0 Å². The third-order valence-electron chi connectivity index (χ3n) is 2.28. The van der Waals surface area contributed by atoms with Gasteiger partial charge >= 0.3 is 0 Å². The molecule has 0 saturated heterocycles. The zero-order valence-corrected chi connectivity index (χ0v) is 9.64. The topological polar surface area (TPSA) is 66.9 Å². The lowest BCUT2D eigenvalue weighted by molar-refractivity contribution is 0.102. The maximum atomic E-state index is 13.8. The maximum absolute atomic E-state index is 13.8. The van der Waals surface area contributed by atoms with Crippen LogP contribution in [0.15, 0.2) is 36.7 Å². The molecule has 92 valence electrons. The summed E-state index contributed by atoms with van der Waals surface area (Å²) in [4.78, 5) is 19.6. The number of anilines is 2. The molecule has 2 aromatic rings. The molecule has 0 radical (unpaired) electrons. The van der Waals surface area contributed by atoms with Crippen molar-refractivity contribution in [3.8, 4) is 0 Å². The van der Waals surface area contributed by atoms with Crippen LogP contribution in [0.5, 0.6) is 0 Å². The molecule has 0 atom stereocenters. The van der Waals surface area contributed by atoms with Crippen molar-refractivity contribution in [1.82, 2.24) is 9.97 Å². The van der Waals surface area contributed by atoms with Crippen molar-refractivity contribution in [2.45, 2.75) is 0 Å². The highest BCUT2D eigenvalue weighted by atomic mass is 19.1. The minimum absolute atomic E-state index is 0.0312. The molecule has 18 heavy (non-hydrogen) atoms. The Hall–Kier alpha value is -2.50. The van der Waals surface area contributed by atoms with Gasteiger partial charge in [-0.15, -0.1) is 0 Å². The minimum atomic E-state index is -0.687. The summed E-state index contributed by atoms with van der Waals surface area (Å²) in [6, 6.07) is 6.39. The van der Waals surface area contributed by atoms with Crippen LogP contribution < -0.4 is 10.6 Å². The van der Waals surface area contributed by atoms with Gasteiger partial charge in [-0.25, -0.2) is 14.4 Å². The fraction of sp³-hybridized carbons (Fsp3) is 0.0833. The van der Waals surface area contributed by atoms with Gasteiger partial charge < -0.3 is 10.6 Å². The molecule has 0 saturated carbocycles. The van der Waals surface area contributed by atoms with E-state index in [1.165, 1.54) is 25.5 Å². The second-order valence-electron chi connectivity index (χ2n) is 3.44. The Morgan fingerprint density at radius 3 is 2.72 bits per heavy atom. The van der Waals surface area contributed by atoms with E-state index in [4.69, 9.17) is 0 Å². The fourth-order valence-corrected chi connectivity index (χ4v) is 1.41. The number of carbonyl (C=O) groups excluding carboxylic acids is 1. The van der Waals surface area contributed by atoms with Gasteiger partial charge in [-0.05, 0) is 18.2 Å². The molecule has 0 bridgehead atoms. The van der Waals surface area contributed by atoms with Gasteiger partial charge in [-0.3, -0.25) is 4.79 Å². The summed E-state index contributed by atoms with van der Waals surface area (Å²) in [5.41, 5.74) is -0.0833. The van der Waals surface area contributed by atoms with Crippen molar-refractivity contribution in [3.63, 3.8) is 0 Å². The number of amides is 1. The molecule has 0 aromatic carbocycles. The summed E-state index contributed by atoms with van der Waals surface area (Å²) in [5, 5.41) is 5.08. The van der Waals surface area contributed by atoms with Crippen molar-refractivity contribution in [2.75, 3.05) is 17.7 Å². The highest BCUT2D eigenvalue weighted by Gasteiger charge is 2.15. The Morgan fingerprint density at radius 2 is 2.06 bits per heavy atom. The summed E-state index contributed by atoms with van der Waals surface area (Å²) < 4.78 is 13.8. The van der Waals surface area contributed by atoms with Gasteiger partial charge in [0.2, 0.25) is 0 Å². The van der Waals surface area contributed by atoms with Crippen molar-refractivity contribution in [3.05, 3.63) is 48.0 Å². The lowest BCUT2D eigenvalue weighted by Gasteiger charge is -2.07. The molecule has 0 aliphatic rings. The smallest absolute Gasteiger partial charge is 0.259 e. The van der Waals surface area contributed by atoms with Crippen molar-refractivity contribution < 1.29 is 9.18 Å². The molecule has 0 aliphatic carbocycles. The largest absolute Gasteiger partial charge is 0.371 e. The highest BCUT2D eigenvalue weighted by molar-refractivity contribution is 6.04. The highest BCUT2D eigenvalue weighted by Crippen LogP contribution is 2.15. The average Bonchev–Trinajstić information content (AvgIpc) is 2.40. The van der Waals surface area contributed by atoms with E-state index in [1.54, 1.807) is 18.2 Å². The summed E-state index contributed by atoms with van der Waals surface area (Å²) in [7, 11) is 1.53. The molecule has 0 spiro atoms. The Morgan fingerprint density at radius 1 is 1.22 bits per heavy atom. The molecular weight excluding hydrogens is 235 g/mol. The zero-order chi connectivity index (χ0) is 13.0. The molecule has 2 N–H and O–H groups in total. The van der Waals surface area contributed by atoms with E-state index in [0.717, 1.165) is 0 Å². The second kappa shape index (κ2) is 5.22. The number of halogens is 1. The molecule has 0 unspecified atom stereocenters. The van der Waals surface area contributed by atoms with E-state index >= 15 is 0 Å². The lowest BCUT2D eigenvalue weighted by atomic mass is 10.2. The predicted molar refractivity (Wildman–Crippen MR) is 65.9 cm³/mol. The summed E-state index contributed by atoms with van der Waals surface area (Å²) in [5.74, 6) is -0.855. The Bertz CT molecular complexity index is 559. The molecular formula is C12H11FN4O. The quantitative estimate of drug-likeness (QED) is 0.868. The Balaban J connectivity index is 2.24. The molecule has 2 heterocycles. The first kappa shape index (κ1) is 12.0. The number of pyridine rings is 2. The molecule has 0 aliphatic heterocycles. The Kier molecular flexibility index (Phi) is 3.47. The van der Waals surface area contributed by atoms with E-state index in [9.17, 15) is 9.18 Å². The number of rotatable bonds is 3. The van der Waals surface area contributed by atoms with Crippen LogP contribution in [0, 0.1) is 5.82 Å². The molecule has 2 rings (SSSR count). The number of carbonyl (C=O) groups is 1. The van der Waals surface area contributed by atoms with Gasteiger partial charge in [-0.2, -0.15) is 0 Å². The molecule has 2 aromatic heterocycles. The first-order valence-electron chi connectivity index (χ1n) is 5.27. The van der Waals surface area contributed by atoms with Gasteiger partial charge in [0, 0.05) is 19.4 Å². The monoisotopic (exact) mass is 246 g/mol. The van der Waals surface area contributed by atoms with Crippen LogP contribution in [0.4, 0.5) is 16.0 Å². The summed E-state index contributed by atoms with van der Waals surface area (Å²) >= 11 is 0. The first-order valence-corrected chi connectivity index (χ1v) is 5.27. The van der Waals surface area contributed by atoms with E-state index in [-0.39, 0.29) is 11.4 Å². The fourth-order valence-electron chi connectivity index (χ4n) is 1.41. The van der Waals surface area contributed by atoms with E-state index in [0.29, 0.717) is 5.82 Å². The number of hydrogen-bond donors (Lipinski definition) is 2. The van der Waals surface area contributed by atoms with Gasteiger partial charge in [-0.1, -0.05) is 6.07 Å². The molecule has 0 fully saturated rings. The maximum Gasteiger partial charge on any atom is 0.259 e. The first-order chi connectivity index (χ1) is 8.72. The van der Waals surface area contributed by atoms with E-state index in [2.05, 4.69) is 20.6 Å². The van der Waals surface area contributed by atoms with Gasteiger partial charge in [0.15, 0.2) is 11.6 Å². The molecule has 6 heteroatoms. The van der Waals surface area contributed by atoms with Gasteiger partial charge in [0.1, 0.15) is 5.82 Å². The summed E-state index contributed by atoms with van der Waals surface area (Å²) in [6.45, 7) is 0. The summed E-state index contributed by atoms with van der Waals surface area (Å²) in [6.07, 6.45) is 2.90. The second-order valence-corrected chi connectivity index (χ2v) is 3.44. The third-order valence-corrected chi connectivity index (χ3v) is 2.28. The average molecular weight is 246 g/mol. The minimum Gasteiger partial charge on any atom is -0.371 e. The van der Waals surface area contributed by atoms with Gasteiger partial charge in [0.05, 0.1) is 5.56 Å². The van der Waals surface area contributed by atoms with Crippen LogP contribution in [-0.4, -0.2) is 22.9 Å². The predicted octanol–water partition coefficient (Wildman–Crippen LogP) is 1.91. The normalized spacial score (nSPS) is 9.89. The van der Waals surface area contributed by atoms with Crippen molar-refractivity contribution in [2.24, 2.45) is 0 Å². The number of nitrogens with one attached hydrogen (secondary N) is 2. The van der Waals surface area contributed by atoms with Crippen LogP contribution in [-0.2, 0) is 0 Å². The van der Waals surface area contributed by atoms with Crippen molar-refractivity contribution in [1.29, 1.82) is 0 Å². The number of hydrogen-bond acceptors (Lipinski definition) is 4. The molecule has 5 nitrogen and oxygen atoms in total. The third kappa shape index (κ3) is 2.42. The number of nitrogens with zero attached hydrogens (tertiary/aromatic N) is 2. The standard InChI is InChI=1S/C12H11FN4O/c1-14-11-10(13)8(5-7-16-11)12(18)17-9-4-2-3-6-15-9/h2-7H,1H3,(H,14,16)(H,15,17,18). The van der Waals surface area contributed by atoms with Crippen LogP contribution in [0.3, 0.4) is 0 Å². The van der Waals surface area contributed by atoms with Crippen molar-refractivity contribution >= 4 is 17.5 Å². The van der Waals surface area contributed by atoms with Gasteiger partial charge in [0.25, 0.3) is 5.91 Å². The van der Waals surface area contributed by atoms with E-state index < -0.39 is 11.7 Å². The zero-order valence-electron chi connectivity index (χ0n) is 9.64. The molecule has 1 amide bonds. The Labute approximate surface area is 103 Å². The van der Waals surface area contributed by atoms with Crippen LogP contribution >= 0.6 is 0 Å².